The molecule has 2 amide bonds. The fourth-order valence-electron chi connectivity index (χ4n) is 5.07. The molecule has 0 saturated carbocycles. The van der Waals surface area contributed by atoms with E-state index in [0.29, 0.717) is 23.0 Å². The molecule has 0 spiro atoms. The molecule has 1 saturated heterocycles. The van der Waals surface area contributed by atoms with Gasteiger partial charge in [0.25, 0.3) is 15.9 Å². The summed E-state index contributed by atoms with van der Waals surface area (Å²) >= 11 is 1.31. The normalized spacial score (nSPS) is 18.2. The molecule has 0 radical (unpaired) electrons. The maximum atomic E-state index is 13.7. The summed E-state index contributed by atoms with van der Waals surface area (Å²) in [5.74, 6) is -0.875. The number of fused-ring (bicyclic) bond motifs is 2. The number of nitrogens with zero attached hydrogens (tertiary/aromatic N) is 7. The average molecular weight is 613 g/mol. The van der Waals surface area contributed by atoms with E-state index in [1.165, 1.54) is 26.6 Å². The summed E-state index contributed by atoms with van der Waals surface area (Å²) in [6.07, 6.45) is 0.731. The second-order valence-electron chi connectivity index (χ2n) is 10.1. The number of aromatic nitrogens is 6. The number of benzene rings is 1. The number of H-pyrrole nitrogens is 2. The number of tetrazole rings is 1. The van der Waals surface area contributed by atoms with Crippen LogP contribution in [0.4, 0.5) is 0 Å². The van der Waals surface area contributed by atoms with Gasteiger partial charge in [-0.25, -0.2) is 13.4 Å². The Bertz CT molecular complexity index is 1780. The van der Waals surface area contributed by atoms with Crippen molar-refractivity contribution in [3.63, 3.8) is 0 Å². The predicted molar refractivity (Wildman–Crippen MR) is 151 cm³/mol. The van der Waals surface area contributed by atoms with E-state index in [4.69, 9.17) is 11.1 Å². The first kappa shape index (κ1) is 27.9. The van der Waals surface area contributed by atoms with Crippen LogP contribution in [0.15, 0.2) is 29.3 Å². The number of amidine groups is 1. The van der Waals surface area contributed by atoms with Gasteiger partial charge in [-0.15, -0.1) is 21.5 Å². The smallest absolute Gasteiger partial charge is 0.283 e. The van der Waals surface area contributed by atoms with E-state index in [9.17, 15) is 18.0 Å². The van der Waals surface area contributed by atoms with Crippen LogP contribution in [0.2, 0.25) is 0 Å². The van der Waals surface area contributed by atoms with Crippen molar-refractivity contribution in [3.05, 3.63) is 51.2 Å². The molecule has 0 aliphatic carbocycles. The molecule has 6 rings (SSSR count). The topological polar surface area (TPSA) is 223 Å². The van der Waals surface area contributed by atoms with Crippen molar-refractivity contribution in [3.8, 4) is 0 Å². The zero-order valence-electron chi connectivity index (χ0n) is 22.5. The number of thiazole rings is 1. The molecular weight excluding hydrogens is 584 g/mol. The second kappa shape index (κ2) is 10.9. The van der Waals surface area contributed by atoms with Gasteiger partial charge < -0.3 is 25.8 Å². The van der Waals surface area contributed by atoms with Crippen LogP contribution in [0.25, 0.3) is 10.9 Å². The largest absolute Gasteiger partial charge is 0.384 e. The van der Waals surface area contributed by atoms with Gasteiger partial charge in [-0.1, -0.05) is 5.21 Å². The lowest BCUT2D eigenvalue weighted by atomic mass is 10.1. The van der Waals surface area contributed by atoms with Crippen molar-refractivity contribution < 1.29 is 18.0 Å². The van der Waals surface area contributed by atoms with Crippen molar-refractivity contribution >= 4 is 49.9 Å². The van der Waals surface area contributed by atoms with Gasteiger partial charge in [0.05, 0.1) is 12.2 Å². The number of carbonyl (C=O) groups excluding carboxylic acids is 2. The lowest BCUT2D eigenvalue weighted by Crippen LogP contribution is -2.61. The predicted octanol–water partition coefficient (Wildman–Crippen LogP) is -0.759. The minimum atomic E-state index is -4.09. The first-order valence-corrected chi connectivity index (χ1v) is 15.3. The highest BCUT2D eigenvalue weighted by Crippen LogP contribution is 2.28. The monoisotopic (exact) mass is 612 g/mol. The number of piperazine rings is 1. The Balaban J connectivity index is 1.27. The van der Waals surface area contributed by atoms with E-state index < -0.39 is 27.9 Å². The van der Waals surface area contributed by atoms with Crippen LogP contribution in [0.1, 0.15) is 31.8 Å². The van der Waals surface area contributed by atoms with Crippen LogP contribution in [0, 0.1) is 5.41 Å². The summed E-state index contributed by atoms with van der Waals surface area (Å²) in [4.78, 5) is 39.2. The zero-order chi connectivity index (χ0) is 29.6. The molecule has 1 aromatic carbocycles. The van der Waals surface area contributed by atoms with Gasteiger partial charge in [-0.05, 0) is 31.3 Å². The first-order chi connectivity index (χ1) is 20.1. The number of nitrogens with two attached hydrogens (primary N) is 1. The highest BCUT2D eigenvalue weighted by atomic mass is 32.2. The molecule has 220 valence electrons. The number of hydrogen-bond acceptors (Lipinski definition) is 11. The minimum Gasteiger partial charge on any atom is -0.384 e. The number of sulfonamides is 1. The number of rotatable bonds is 7. The molecule has 6 N–H and O–H groups in total. The third kappa shape index (κ3) is 5.24. The Morgan fingerprint density at radius 3 is 2.83 bits per heavy atom. The molecule has 42 heavy (non-hydrogen) atoms. The quantitative estimate of drug-likeness (QED) is 0.130. The van der Waals surface area contributed by atoms with Crippen molar-refractivity contribution in [1.29, 1.82) is 5.41 Å². The van der Waals surface area contributed by atoms with E-state index in [0.717, 1.165) is 23.5 Å². The fourth-order valence-corrected chi connectivity index (χ4v) is 7.67. The van der Waals surface area contributed by atoms with Crippen LogP contribution in [0.3, 0.4) is 0 Å². The lowest BCUT2D eigenvalue weighted by Gasteiger charge is -2.39. The third-order valence-electron chi connectivity index (χ3n) is 7.35. The summed E-state index contributed by atoms with van der Waals surface area (Å²) in [5.41, 5.74) is 7.49. The van der Waals surface area contributed by atoms with Crippen LogP contribution in [-0.2, 0) is 34.3 Å². The third-order valence-corrected chi connectivity index (χ3v) is 10.2. The Kier molecular flexibility index (Phi) is 7.21. The van der Waals surface area contributed by atoms with Crippen molar-refractivity contribution in [2.45, 2.75) is 30.6 Å². The first-order valence-electron chi connectivity index (χ1n) is 13.1. The van der Waals surface area contributed by atoms with Gasteiger partial charge >= 0.3 is 0 Å². The Morgan fingerprint density at radius 2 is 2.07 bits per heavy atom. The molecule has 18 heteroatoms. The highest BCUT2D eigenvalue weighted by Gasteiger charge is 2.41. The SMILES string of the molecule is CN1CCc2nc(C(=O)N3CCN(S(=O)(=O)c4cc5cc(C(=N)N)ccc5[nH]4)CC3C(=O)NCc3nn[nH]n3)sc2C1. The van der Waals surface area contributed by atoms with E-state index >= 15 is 0 Å². The van der Waals surface area contributed by atoms with E-state index in [1.54, 1.807) is 18.2 Å². The van der Waals surface area contributed by atoms with E-state index in [-0.39, 0.29) is 47.9 Å². The molecule has 2 aliphatic rings. The van der Waals surface area contributed by atoms with Crippen LogP contribution < -0.4 is 11.1 Å². The molecule has 0 bridgehead atoms. The van der Waals surface area contributed by atoms with Gasteiger partial charge in [0.2, 0.25) is 5.91 Å². The zero-order valence-corrected chi connectivity index (χ0v) is 24.1. The van der Waals surface area contributed by atoms with Crippen molar-refractivity contribution in [1.82, 2.24) is 50.0 Å². The van der Waals surface area contributed by atoms with E-state index in [2.05, 4.69) is 40.8 Å². The number of nitrogens with one attached hydrogen (secondary N) is 4. The Labute approximate surface area is 243 Å². The summed E-state index contributed by atoms with van der Waals surface area (Å²) in [6.45, 7) is 1.17. The summed E-state index contributed by atoms with van der Waals surface area (Å²) in [6, 6.07) is 5.24. The summed E-state index contributed by atoms with van der Waals surface area (Å²) in [7, 11) is -2.08. The number of amides is 2. The lowest BCUT2D eigenvalue weighted by molar-refractivity contribution is -0.127. The summed E-state index contributed by atoms with van der Waals surface area (Å²) < 4.78 is 28.7. The van der Waals surface area contributed by atoms with Gasteiger partial charge in [-0.2, -0.15) is 9.52 Å². The fraction of sp³-hybridized carbons (Fsp3) is 0.375. The maximum Gasteiger partial charge on any atom is 0.283 e. The van der Waals surface area contributed by atoms with E-state index in [1.807, 2.05) is 7.05 Å². The van der Waals surface area contributed by atoms with Gasteiger partial charge in [0.1, 0.15) is 16.9 Å². The number of hydrogen-bond donors (Lipinski definition) is 5. The van der Waals surface area contributed by atoms with Gasteiger partial charge in [0, 0.05) is 60.5 Å². The second-order valence-corrected chi connectivity index (χ2v) is 13.1. The average Bonchev–Trinajstić information content (AvgIpc) is 3.74. The molecule has 4 aromatic rings. The molecule has 1 fully saturated rings. The van der Waals surface area contributed by atoms with Crippen molar-refractivity contribution in [2.75, 3.05) is 33.2 Å². The minimum absolute atomic E-state index is 0.0166. The Hall–Kier alpha value is -4.26. The summed E-state index contributed by atoms with van der Waals surface area (Å²) in [5, 5.41) is 24.6. The number of aromatic amines is 2. The molecule has 3 aromatic heterocycles. The molecule has 2 aliphatic heterocycles. The van der Waals surface area contributed by atoms with Crippen LogP contribution >= 0.6 is 11.3 Å². The standard InChI is InChI=1S/C24H28N12O4S2/c1-34-5-4-16-18(12-34)41-23(29-16)24(38)36-7-6-35(11-17(36)22(37)27-10-19-30-32-33-31-19)42(39,40)20-9-14-8-13(21(25)26)2-3-15(14)28-20/h2-3,8-9,17,28H,4-7,10-12H2,1H3,(H3,25,26)(H,27,37)(H,30,31,32,33). The highest BCUT2D eigenvalue weighted by molar-refractivity contribution is 7.89. The van der Waals surface area contributed by atoms with Crippen molar-refractivity contribution in [2.24, 2.45) is 5.73 Å². The molecule has 1 unspecified atom stereocenters. The van der Waals surface area contributed by atoms with Crippen LogP contribution in [0.5, 0.6) is 0 Å². The van der Waals surface area contributed by atoms with Gasteiger partial charge in [-0.3, -0.25) is 15.0 Å². The Morgan fingerprint density at radius 1 is 1.24 bits per heavy atom. The number of carbonyl (C=O) groups is 2. The van der Waals surface area contributed by atoms with Gasteiger partial charge in [0.15, 0.2) is 10.8 Å². The number of nitrogen functional groups attached to an aromatic ring is 1. The molecule has 5 heterocycles. The number of likely N-dealkylation sites (N-methyl/N-ethyl adjacent to an activating group) is 1. The molecule has 16 nitrogen and oxygen atoms in total. The molecule has 1 atom stereocenters. The van der Waals surface area contributed by atoms with Crippen LogP contribution in [-0.4, -0.2) is 110 Å². The maximum absolute atomic E-state index is 13.7. The molecular formula is C24H28N12O4S2.